The average molecular weight is 75.1 g/mol. The molecule has 0 aliphatic heterocycles. The van der Waals surface area contributed by atoms with Crippen LogP contribution in [0.25, 0.3) is 0 Å². The van der Waals surface area contributed by atoms with E-state index in [1.807, 2.05) is 0 Å². The Kier molecular flexibility index (Phi) is 3.86. The Labute approximate surface area is 31.9 Å². The largest absolute Gasteiger partial charge is 0.581 e. The third kappa shape index (κ3) is 3.92. The predicted molar refractivity (Wildman–Crippen MR) is 21.5 cm³/mol. The lowest BCUT2D eigenvalue weighted by atomic mass is 10.7. The molecule has 0 amide bonds. The summed E-state index contributed by atoms with van der Waals surface area (Å²) in [5.41, 5.74) is 5.01. The van der Waals surface area contributed by atoms with Gasteiger partial charge in [0.15, 0.2) is 0 Å². The van der Waals surface area contributed by atoms with Gasteiger partial charge in [-0.15, -0.1) is 0 Å². The van der Waals surface area contributed by atoms with Crippen molar-refractivity contribution >= 4 is 0 Å². The van der Waals surface area contributed by atoms with Gasteiger partial charge in [0.1, 0.15) is 6.61 Å². The molecule has 0 aromatic carbocycles. The second-order valence-corrected chi connectivity index (χ2v) is 0.736. The minimum atomic E-state index is 0.615. The Bertz CT molecular complexity index is 14.4. The van der Waals surface area contributed by atoms with E-state index in [0.29, 0.717) is 13.2 Å². The Balaban J connectivity index is 2.19. The van der Waals surface area contributed by atoms with Gasteiger partial charge < -0.3 is 10.5 Å². The van der Waals surface area contributed by atoms with Crippen molar-refractivity contribution in [3.05, 3.63) is 7.11 Å². The maximum absolute atomic E-state index is 5.01. The van der Waals surface area contributed by atoms with Crippen molar-refractivity contribution < 1.29 is 4.74 Å². The van der Waals surface area contributed by atoms with E-state index < -0.39 is 0 Å². The Morgan fingerprint density at radius 3 is 2.40 bits per heavy atom. The van der Waals surface area contributed by atoms with Crippen LogP contribution >= 0.6 is 0 Å². The lowest BCUT2D eigenvalue weighted by Crippen LogP contribution is -2.07. The van der Waals surface area contributed by atoms with Crippen LogP contribution in [0.1, 0.15) is 0 Å². The third-order valence-corrected chi connectivity index (χ3v) is 0.287. The van der Waals surface area contributed by atoms with Crippen LogP contribution in [-0.2, 0) is 0 Å². The smallest absolute Gasteiger partial charge is 0.131 e. The number of rotatable bonds is 2. The molecule has 5 heavy (non-hydrogen) atoms. The second-order valence-electron chi connectivity index (χ2n) is 0.736. The molecule has 0 rings (SSSR count). The molecule has 0 aliphatic carbocycles. The first-order valence-corrected chi connectivity index (χ1v) is 1.54. The highest BCUT2D eigenvalue weighted by molar-refractivity contribution is 4.22. The number of nitrogens with two attached hydrogens (primary N) is 1. The van der Waals surface area contributed by atoms with Crippen LogP contribution in [0.3, 0.4) is 0 Å². The molecule has 0 heterocycles. The number of hydrogen-bond donors (Lipinski definition) is 1. The van der Waals surface area contributed by atoms with Gasteiger partial charge in [-0.05, 0) is 0 Å². The van der Waals surface area contributed by atoms with Gasteiger partial charge in [-0.25, -0.2) is 0 Å². The summed E-state index contributed by atoms with van der Waals surface area (Å²) in [6, 6.07) is 0. The van der Waals surface area contributed by atoms with Crippen LogP contribution in [0.5, 0.6) is 0 Å². The van der Waals surface area contributed by atoms with Crippen molar-refractivity contribution in [1.82, 2.24) is 0 Å². The van der Waals surface area contributed by atoms with Crippen molar-refractivity contribution in [3.8, 4) is 0 Å². The predicted octanol–water partition coefficient (Wildman–Crippen LogP) is -0.735. The van der Waals surface area contributed by atoms with E-state index in [4.69, 9.17) is 5.73 Å². The zero-order valence-electron chi connectivity index (χ0n) is 3.15. The molecule has 32 valence electrons. The Hall–Kier alpha value is -0.0800. The fourth-order valence-corrected chi connectivity index (χ4v) is 0.0913. The van der Waals surface area contributed by atoms with Gasteiger partial charge >= 0.3 is 0 Å². The van der Waals surface area contributed by atoms with E-state index in [0.717, 1.165) is 0 Å². The minimum absolute atomic E-state index is 0.615. The molecular formula is C3H9NO. The van der Waals surface area contributed by atoms with Crippen LogP contribution in [-0.4, -0.2) is 17.9 Å². The molecule has 0 spiro atoms. The van der Waals surface area contributed by atoms with Crippen molar-refractivity contribution in [2.45, 2.75) is 0 Å². The molecule has 0 radical (unpaired) electrons. The second kappa shape index (κ2) is 3.92. The molecule has 0 aliphatic rings. The quantitative estimate of drug-likeness (QED) is 0.341. The van der Waals surface area contributed by atoms with Gasteiger partial charge in [0.2, 0.25) is 0 Å². The van der Waals surface area contributed by atoms with E-state index >= 15 is 0 Å². The van der Waals surface area contributed by atoms with E-state index in [1.54, 1.807) is 0 Å². The topological polar surface area (TPSA) is 38.8 Å². The molecule has 0 saturated heterocycles. The van der Waals surface area contributed by atoms with Gasteiger partial charge in [-0.3, -0.25) is 0 Å². The highest BCUT2D eigenvalue weighted by Gasteiger charge is 1.66. The highest BCUT2D eigenvalue weighted by atomic mass is 16.5. The van der Waals surface area contributed by atoms with Gasteiger partial charge in [0.05, 0.1) is 6.54 Å². The standard InChI is InChI=1S/C3H9NO/c1-5-3-2-4/h5H,1-4H2. The third-order valence-electron chi connectivity index (χ3n) is 0.287. The fraction of sp³-hybridized carbons (Fsp3) is 0.667. The van der Waals surface area contributed by atoms with Gasteiger partial charge in [-0.1, -0.05) is 7.11 Å². The van der Waals surface area contributed by atoms with E-state index in [2.05, 4.69) is 11.8 Å². The molecular weight excluding hydrogens is 66.0 g/mol. The van der Waals surface area contributed by atoms with Crippen LogP contribution in [0, 0.1) is 7.11 Å². The molecule has 3 N–H and O–H groups in total. The summed E-state index contributed by atoms with van der Waals surface area (Å²) in [7, 11) is 3.22. The van der Waals surface area contributed by atoms with E-state index in [-0.39, 0.29) is 0 Å². The van der Waals surface area contributed by atoms with Crippen LogP contribution < -0.4 is 5.73 Å². The van der Waals surface area contributed by atoms with Crippen molar-refractivity contribution in [2.75, 3.05) is 13.2 Å². The first-order valence-electron chi connectivity index (χ1n) is 1.54. The highest BCUT2D eigenvalue weighted by Crippen LogP contribution is 1.50. The van der Waals surface area contributed by atoms with Crippen molar-refractivity contribution in [1.29, 1.82) is 0 Å². The van der Waals surface area contributed by atoms with Gasteiger partial charge in [-0.2, -0.15) is 0 Å². The number of hydrogen-bond acceptors (Lipinski definition) is 1. The van der Waals surface area contributed by atoms with Gasteiger partial charge in [0.25, 0.3) is 0 Å². The maximum Gasteiger partial charge on any atom is 0.131 e. The van der Waals surface area contributed by atoms with Crippen LogP contribution in [0.15, 0.2) is 0 Å². The molecule has 2 nitrogen and oxygen atoms in total. The summed E-state index contributed by atoms with van der Waals surface area (Å²) < 4.78 is 3.48. The molecule has 2 heteroatoms. The van der Waals surface area contributed by atoms with Crippen molar-refractivity contribution in [2.24, 2.45) is 5.73 Å². The molecule has 0 unspecified atom stereocenters. The molecule has 0 aromatic rings. The SMILES string of the molecule is [CH2-][OH+]CCN. The minimum Gasteiger partial charge on any atom is -0.581 e. The molecule has 0 saturated carbocycles. The monoisotopic (exact) mass is 75.1 g/mol. The van der Waals surface area contributed by atoms with E-state index in [9.17, 15) is 0 Å². The average Bonchev–Trinajstić information content (AvgIpc) is 1.41. The first-order chi connectivity index (χ1) is 2.41. The lowest BCUT2D eigenvalue weighted by molar-refractivity contribution is 0.0637. The zero-order valence-corrected chi connectivity index (χ0v) is 3.15. The normalized spacial score (nSPS) is 8.40. The Morgan fingerprint density at radius 2 is 2.40 bits per heavy atom. The molecule has 0 fully saturated rings. The van der Waals surface area contributed by atoms with Crippen LogP contribution in [0.4, 0.5) is 0 Å². The fourth-order valence-electron chi connectivity index (χ4n) is 0.0913. The summed E-state index contributed by atoms with van der Waals surface area (Å²) in [6.07, 6.45) is 0. The maximum atomic E-state index is 5.01. The zero-order chi connectivity index (χ0) is 4.12. The van der Waals surface area contributed by atoms with E-state index in [1.165, 1.54) is 0 Å². The van der Waals surface area contributed by atoms with Crippen molar-refractivity contribution in [3.63, 3.8) is 0 Å². The summed E-state index contributed by atoms with van der Waals surface area (Å²) in [4.78, 5) is 0. The summed E-state index contributed by atoms with van der Waals surface area (Å²) in [5.74, 6) is 0. The molecule has 0 bridgehead atoms. The number of aliphatic hydroxyl groups is 2. The first kappa shape index (κ1) is 4.92. The Morgan fingerprint density at radius 1 is 1.80 bits per heavy atom. The summed E-state index contributed by atoms with van der Waals surface area (Å²) >= 11 is 0. The lowest BCUT2D eigenvalue weighted by Gasteiger charge is -1.90. The molecule has 0 aromatic heterocycles. The number of ether oxygens (including phenoxy) is 1. The van der Waals surface area contributed by atoms with Gasteiger partial charge in [0, 0.05) is 0 Å². The summed E-state index contributed by atoms with van der Waals surface area (Å²) in [6.45, 7) is 1.30. The van der Waals surface area contributed by atoms with Crippen LogP contribution in [0.2, 0.25) is 0 Å². The summed E-state index contributed by atoms with van der Waals surface area (Å²) in [5, 5.41) is 0. The molecule has 0 atom stereocenters.